The Morgan fingerprint density at radius 1 is 1.58 bits per heavy atom. The van der Waals surface area contributed by atoms with Crippen LogP contribution in [0.4, 0.5) is 0 Å². The molecule has 0 aromatic carbocycles. The van der Waals surface area contributed by atoms with Gasteiger partial charge in [0.05, 0.1) is 5.69 Å². The minimum atomic E-state index is -1.47. The fourth-order valence-electron chi connectivity index (χ4n) is 0.596. The summed E-state index contributed by atoms with van der Waals surface area (Å²) in [5.41, 5.74) is 0.588. The standard InChI is InChI=1S/C7H6N2O3/c10-6(7(11)12)2-1-5-3-4-8-9-5/h1-4H,(H,8,9)(H,11,12)/b2-1+. The normalized spacial score (nSPS) is 10.3. The van der Waals surface area contributed by atoms with Crippen LogP contribution in [0.5, 0.6) is 0 Å². The average molecular weight is 166 g/mol. The minimum absolute atomic E-state index is 0.588. The number of nitrogens with zero attached hydrogens (tertiary/aromatic N) is 1. The van der Waals surface area contributed by atoms with E-state index < -0.39 is 11.8 Å². The van der Waals surface area contributed by atoms with E-state index in [2.05, 4.69) is 10.2 Å². The van der Waals surface area contributed by atoms with Crippen LogP contribution in [-0.4, -0.2) is 27.1 Å². The number of carbonyl (C=O) groups excluding carboxylic acids is 1. The molecular weight excluding hydrogens is 160 g/mol. The second-order valence-corrected chi connectivity index (χ2v) is 2.01. The molecule has 62 valence electrons. The molecule has 2 N–H and O–H groups in total. The molecule has 1 heterocycles. The number of rotatable bonds is 3. The summed E-state index contributed by atoms with van der Waals surface area (Å²) < 4.78 is 0. The van der Waals surface area contributed by atoms with Gasteiger partial charge in [-0.2, -0.15) is 5.10 Å². The molecule has 0 aliphatic carbocycles. The van der Waals surface area contributed by atoms with Crippen molar-refractivity contribution in [3.05, 3.63) is 24.0 Å². The summed E-state index contributed by atoms with van der Waals surface area (Å²) in [6.45, 7) is 0. The van der Waals surface area contributed by atoms with Crippen molar-refractivity contribution in [1.82, 2.24) is 10.2 Å². The lowest BCUT2D eigenvalue weighted by Crippen LogP contribution is -2.08. The van der Waals surface area contributed by atoms with Gasteiger partial charge >= 0.3 is 5.97 Å². The first kappa shape index (κ1) is 8.19. The summed E-state index contributed by atoms with van der Waals surface area (Å²) in [5, 5.41) is 14.3. The van der Waals surface area contributed by atoms with Crippen molar-refractivity contribution in [1.29, 1.82) is 0 Å². The molecule has 0 saturated carbocycles. The summed E-state index contributed by atoms with van der Waals surface area (Å²) >= 11 is 0. The number of aliphatic carboxylic acids is 1. The Morgan fingerprint density at radius 2 is 2.33 bits per heavy atom. The number of aromatic amines is 1. The van der Waals surface area contributed by atoms with Gasteiger partial charge in [0.2, 0.25) is 0 Å². The number of carbonyl (C=O) groups is 2. The molecule has 0 saturated heterocycles. The Bertz CT molecular complexity index is 313. The van der Waals surface area contributed by atoms with E-state index in [1.165, 1.54) is 12.3 Å². The average Bonchev–Trinajstić information content (AvgIpc) is 2.51. The lowest BCUT2D eigenvalue weighted by atomic mass is 10.3. The van der Waals surface area contributed by atoms with E-state index in [9.17, 15) is 9.59 Å². The Morgan fingerprint density at radius 3 is 2.83 bits per heavy atom. The third-order valence-electron chi connectivity index (χ3n) is 1.15. The number of aromatic nitrogens is 2. The highest BCUT2D eigenvalue weighted by molar-refractivity contribution is 6.38. The zero-order valence-electron chi connectivity index (χ0n) is 6.02. The van der Waals surface area contributed by atoms with E-state index in [0.717, 1.165) is 6.08 Å². The van der Waals surface area contributed by atoms with Crippen LogP contribution in [0.15, 0.2) is 18.3 Å². The van der Waals surface area contributed by atoms with E-state index in [-0.39, 0.29) is 0 Å². The van der Waals surface area contributed by atoms with Crippen molar-refractivity contribution in [2.75, 3.05) is 0 Å². The van der Waals surface area contributed by atoms with Gasteiger partial charge in [-0.15, -0.1) is 0 Å². The number of carboxylic acids is 1. The summed E-state index contributed by atoms with van der Waals surface area (Å²) in [5.74, 6) is -2.42. The molecule has 1 aromatic heterocycles. The van der Waals surface area contributed by atoms with Crippen molar-refractivity contribution >= 4 is 17.8 Å². The molecule has 0 fully saturated rings. The molecule has 0 radical (unpaired) electrons. The topological polar surface area (TPSA) is 83.0 Å². The van der Waals surface area contributed by atoms with Crippen LogP contribution >= 0.6 is 0 Å². The van der Waals surface area contributed by atoms with Crippen LogP contribution in [0.2, 0.25) is 0 Å². The number of carboxylic acid groups (broad SMARTS) is 1. The third kappa shape index (κ3) is 2.05. The largest absolute Gasteiger partial charge is 0.475 e. The van der Waals surface area contributed by atoms with Gasteiger partial charge in [-0.3, -0.25) is 9.89 Å². The molecular formula is C7H6N2O3. The first-order chi connectivity index (χ1) is 5.70. The molecule has 5 nitrogen and oxygen atoms in total. The van der Waals surface area contributed by atoms with Gasteiger partial charge in [0.25, 0.3) is 5.78 Å². The zero-order chi connectivity index (χ0) is 8.97. The first-order valence-electron chi connectivity index (χ1n) is 3.15. The second kappa shape index (κ2) is 3.47. The van der Waals surface area contributed by atoms with Crippen LogP contribution in [0.3, 0.4) is 0 Å². The highest BCUT2D eigenvalue weighted by Gasteiger charge is 2.05. The summed E-state index contributed by atoms with van der Waals surface area (Å²) in [6, 6.07) is 1.62. The lowest BCUT2D eigenvalue weighted by molar-refractivity contribution is -0.146. The van der Waals surface area contributed by atoms with Crippen molar-refractivity contribution in [2.24, 2.45) is 0 Å². The predicted octanol–water partition coefficient (Wildman–Crippen LogP) is 0.0766. The predicted molar refractivity (Wildman–Crippen MR) is 40.3 cm³/mol. The van der Waals surface area contributed by atoms with Crippen LogP contribution in [0.25, 0.3) is 6.08 Å². The highest BCUT2D eigenvalue weighted by atomic mass is 16.4. The lowest BCUT2D eigenvalue weighted by Gasteiger charge is -1.83. The Balaban J connectivity index is 2.63. The Kier molecular flexibility index (Phi) is 2.37. The molecule has 0 bridgehead atoms. The van der Waals surface area contributed by atoms with Crippen LogP contribution in [-0.2, 0) is 9.59 Å². The fraction of sp³-hybridized carbons (Fsp3) is 0. The number of hydrogen-bond donors (Lipinski definition) is 2. The molecule has 5 heteroatoms. The summed E-state index contributed by atoms with van der Waals surface area (Å²) in [7, 11) is 0. The highest BCUT2D eigenvalue weighted by Crippen LogP contribution is 1.94. The first-order valence-corrected chi connectivity index (χ1v) is 3.15. The zero-order valence-corrected chi connectivity index (χ0v) is 6.02. The van der Waals surface area contributed by atoms with Gasteiger partial charge in [-0.1, -0.05) is 0 Å². The van der Waals surface area contributed by atoms with Gasteiger partial charge in [-0.25, -0.2) is 4.79 Å². The Labute approximate surface area is 67.7 Å². The van der Waals surface area contributed by atoms with Gasteiger partial charge < -0.3 is 5.11 Å². The van der Waals surface area contributed by atoms with E-state index in [1.807, 2.05) is 0 Å². The monoisotopic (exact) mass is 166 g/mol. The molecule has 0 unspecified atom stereocenters. The Hall–Kier alpha value is -1.91. The van der Waals surface area contributed by atoms with Crippen LogP contribution in [0, 0.1) is 0 Å². The number of ketones is 1. The molecule has 0 aliphatic rings. The smallest absolute Gasteiger partial charge is 0.376 e. The van der Waals surface area contributed by atoms with E-state index in [4.69, 9.17) is 5.11 Å². The molecule has 12 heavy (non-hydrogen) atoms. The van der Waals surface area contributed by atoms with Crippen molar-refractivity contribution < 1.29 is 14.7 Å². The minimum Gasteiger partial charge on any atom is -0.475 e. The fourth-order valence-corrected chi connectivity index (χ4v) is 0.596. The van der Waals surface area contributed by atoms with E-state index >= 15 is 0 Å². The molecule has 0 atom stereocenters. The SMILES string of the molecule is O=C(O)C(=O)/C=C/c1ccn[nH]1. The van der Waals surface area contributed by atoms with Crippen LogP contribution < -0.4 is 0 Å². The summed E-state index contributed by atoms with van der Waals surface area (Å²) in [4.78, 5) is 20.5. The maximum Gasteiger partial charge on any atom is 0.376 e. The van der Waals surface area contributed by atoms with Gasteiger partial charge in [0, 0.05) is 6.20 Å². The molecule has 0 spiro atoms. The second-order valence-electron chi connectivity index (χ2n) is 2.01. The van der Waals surface area contributed by atoms with Crippen molar-refractivity contribution in [3.8, 4) is 0 Å². The molecule has 1 aromatic rings. The molecule has 0 aliphatic heterocycles. The maximum atomic E-state index is 10.5. The van der Waals surface area contributed by atoms with Gasteiger partial charge in [0.15, 0.2) is 0 Å². The van der Waals surface area contributed by atoms with E-state index in [1.54, 1.807) is 6.07 Å². The number of H-pyrrole nitrogens is 1. The van der Waals surface area contributed by atoms with Crippen molar-refractivity contribution in [2.45, 2.75) is 0 Å². The van der Waals surface area contributed by atoms with Gasteiger partial charge in [0.1, 0.15) is 0 Å². The quantitative estimate of drug-likeness (QED) is 0.492. The summed E-state index contributed by atoms with van der Waals surface area (Å²) in [6.07, 6.45) is 3.82. The van der Waals surface area contributed by atoms with Crippen molar-refractivity contribution in [3.63, 3.8) is 0 Å². The van der Waals surface area contributed by atoms with E-state index in [0.29, 0.717) is 5.69 Å². The number of hydrogen-bond acceptors (Lipinski definition) is 3. The van der Waals surface area contributed by atoms with Gasteiger partial charge in [-0.05, 0) is 18.2 Å². The molecule has 1 rings (SSSR count). The maximum absolute atomic E-state index is 10.5. The van der Waals surface area contributed by atoms with Crippen LogP contribution in [0.1, 0.15) is 5.69 Å². The third-order valence-corrected chi connectivity index (χ3v) is 1.15. The number of nitrogens with one attached hydrogen (secondary N) is 1. The molecule has 0 amide bonds.